The number of anilines is 2. The number of pyridine rings is 1. The Morgan fingerprint density at radius 2 is 1.77 bits per heavy atom. The minimum Gasteiger partial charge on any atom is -0.354 e. The smallest absolute Gasteiger partial charge is 0.270 e. The maximum Gasteiger partial charge on any atom is 0.270 e. The van der Waals surface area contributed by atoms with Gasteiger partial charge >= 0.3 is 0 Å². The zero-order valence-corrected chi connectivity index (χ0v) is 15.3. The van der Waals surface area contributed by atoms with Crippen LogP contribution in [0.15, 0.2) is 60.8 Å². The van der Waals surface area contributed by atoms with Crippen LogP contribution in [0, 0.1) is 20.8 Å². The second-order valence-electron chi connectivity index (χ2n) is 6.48. The van der Waals surface area contributed by atoms with Gasteiger partial charge in [0.2, 0.25) is 0 Å². The van der Waals surface area contributed by atoms with E-state index < -0.39 is 0 Å². The summed E-state index contributed by atoms with van der Waals surface area (Å²) in [6.45, 7) is 6.65. The number of nitrogens with one attached hydrogen (secondary N) is 2. The Labute approximate surface area is 154 Å². The van der Waals surface area contributed by atoms with Crippen LogP contribution in [0.25, 0.3) is 0 Å². The first-order valence-electron chi connectivity index (χ1n) is 8.66. The molecule has 0 atom stereocenters. The van der Waals surface area contributed by atoms with E-state index >= 15 is 0 Å². The summed E-state index contributed by atoms with van der Waals surface area (Å²) in [4.78, 5) is 16.6. The molecule has 0 fully saturated rings. The van der Waals surface area contributed by atoms with Gasteiger partial charge in [-0.1, -0.05) is 36.4 Å². The van der Waals surface area contributed by atoms with Gasteiger partial charge < -0.3 is 10.6 Å². The van der Waals surface area contributed by atoms with Crippen LogP contribution < -0.4 is 10.6 Å². The molecule has 0 aliphatic carbocycles. The van der Waals surface area contributed by atoms with E-state index in [-0.39, 0.29) is 5.91 Å². The van der Waals surface area contributed by atoms with Gasteiger partial charge in [0.05, 0.1) is 11.9 Å². The summed E-state index contributed by atoms with van der Waals surface area (Å²) in [5.74, 6) is -0.175. The van der Waals surface area contributed by atoms with Crippen molar-refractivity contribution in [1.29, 1.82) is 0 Å². The monoisotopic (exact) mass is 345 g/mol. The highest BCUT2D eigenvalue weighted by molar-refractivity contribution is 5.92. The van der Waals surface area contributed by atoms with Gasteiger partial charge in [0.1, 0.15) is 5.69 Å². The normalized spacial score (nSPS) is 10.4. The van der Waals surface area contributed by atoms with Crippen molar-refractivity contribution in [2.24, 2.45) is 0 Å². The Balaban J connectivity index is 1.64. The number of aryl methyl sites for hydroxylation is 3. The topological polar surface area (TPSA) is 54.0 Å². The summed E-state index contributed by atoms with van der Waals surface area (Å²) >= 11 is 0. The number of hydrogen-bond acceptors (Lipinski definition) is 3. The Bertz CT molecular complexity index is 917. The average Bonchev–Trinajstić information content (AvgIpc) is 2.64. The number of rotatable bonds is 5. The quantitative estimate of drug-likeness (QED) is 0.706. The minimum atomic E-state index is -0.175. The lowest BCUT2D eigenvalue weighted by molar-refractivity contribution is 0.0946. The number of carbonyl (C=O) groups excluding carboxylic acids is 1. The summed E-state index contributed by atoms with van der Waals surface area (Å²) in [5, 5.41) is 6.27. The summed E-state index contributed by atoms with van der Waals surface area (Å²) < 4.78 is 0. The van der Waals surface area contributed by atoms with Crippen molar-refractivity contribution in [3.8, 4) is 0 Å². The fourth-order valence-electron chi connectivity index (χ4n) is 2.70. The van der Waals surface area contributed by atoms with Crippen LogP contribution in [0.2, 0.25) is 0 Å². The van der Waals surface area contributed by atoms with Gasteiger partial charge in [0.25, 0.3) is 5.91 Å². The van der Waals surface area contributed by atoms with Crippen LogP contribution >= 0.6 is 0 Å². The SMILES string of the molecule is Cc1ccc(C)c(Nc2ccc(C(=O)NCc3ccccc3C)nc2)c1. The Morgan fingerprint density at radius 3 is 2.50 bits per heavy atom. The molecule has 0 unspecified atom stereocenters. The second kappa shape index (κ2) is 7.83. The molecular weight excluding hydrogens is 322 g/mol. The van der Waals surface area contributed by atoms with Crippen LogP contribution in [0.1, 0.15) is 32.7 Å². The predicted octanol–water partition coefficient (Wildman–Crippen LogP) is 4.68. The van der Waals surface area contributed by atoms with Crippen LogP contribution in [0.3, 0.4) is 0 Å². The molecule has 0 spiro atoms. The third-order valence-electron chi connectivity index (χ3n) is 4.37. The summed E-state index contributed by atoms with van der Waals surface area (Å²) in [6, 6.07) is 17.9. The van der Waals surface area contributed by atoms with Crippen molar-refractivity contribution in [1.82, 2.24) is 10.3 Å². The first-order valence-corrected chi connectivity index (χ1v) is 8.66. The fraction of sp³-hybridized carbons (Fsp3) is 0.182. The first kappa shape index (κ1) is 17.7. The molecule has 0 radical (unpaired) electrons. The van der Waals surface area contributed by atoms with Crippen molar-refractivity contribution >= 4 is 17.3 Å². The fourth-order valence-corrected chi connectivity index (χ4v) is 2.70. The zero-order valence-electron chi connectivity index (χ0n) is 15.3. The number of benzene rings is 2. The number of amides is 1. The minimum absolute atomic E-state index is 0.175. The van der Waals surface area contributed by atoms with Crippen molar-refractivity contribution in [2.45, 2.75) is 27.3 Å². The Kier molecular flexibility index (Phi) is 5.32. The van der Waals surface area contributed by atoms with Crippen molar-refractivity contribution in [3.05, 3.63) is 88.7 Å². The zero-order chi connectivity index (χ0) is 18.5. The van der Waals surface area contributed by atoms with Crippen LogP contribution in [0.5, 0.6) is 0 Å². The van der Waals surface area contributed by atoms with E-state index in [1.807, 2.05) is 37.3 Å². The molecule has 0 aliphatic heterocycles. The van der Waals surface area contributed by atoms with Gasteiger partial charge in [-0.3, -0.25) is 4.79 Å². The molecule has 1 amide bonds. The van der Waals surface area contributed by atoms with Gasteiger partial charge in [0, 0.05) is 12.2 Å². The average molecular weight is 345 g/mol. The molecule has 0 saturated carbocycles. The maximum absolute atomic E-state index is 12.3. The molecule has 2 aromatic carbocycles. The molecule has 1 heterocycles. The lowest BCUT2D eigenvalue weighted by Gasteiger charge is -2.11. The van der Waals surface area contributed by atoms with E-state index in [1.165, 1.54) is 5.56 Å². The third kappa shape index (κ3) is 4.28. The third-order valence-corrected chi connectivity index (χ3v) is 4.37. The molecule has 0 aliphatic rings. The predicted molar refractivity (Wildman–Crippen MR) is 106 cm³/mol. The van der Waals surface area contributed by atoms with Crippen molar-refractivity contribution < 1.29 is 4.79 Å². The Morgan fingerprint density at radius 1 is 0.962 bits per heavy atom. The summed E-state index contributed by atoms with van der Waals surface area (Å²) in [5.41, 5.74) is 6.93. The van der Waals surface area contributed by atoms with Gasteiger partial charge in [-0.2, -0.15) is 0 Å². The number of nitrogens with zero attached hydrogens (tertiary/aromatic N) is 1. The highest BCUT2D eigenvalue weighted by atomic mass is 16.1. The molecule has 4 heteroatoms. The van der Waals surface area contributed by atoms with Crippen LogP contribution in [-0.4, -0.2) is 10.9 Å². The molecule has 4 nitrogen and oxygen atoms in total. The number of carbonyl (C=O) groups is 1. The van der Waals surface area contributed by atoms with E-state index in [0.717, 1.165) is 28.1 Å². The standard InChI is InChI=1S/C22H23N3O/c1-15-8-9-17(3)21(12-15)25-19-10-11-20(23-14-19)22(26)24-13-18-7-5-4-6-16(18)2/h4-12,14,25H,13H2,1-3H3,(H,24,26). The van der Waals surface area contributed by atoms with E-state index in [4.69, 9.17) is 0 Å². The molecule has 132 valence electrons. The van der Waals surface area contributed by atoms with E-state index in [0.29, 0.717) is 12.2 Å². The Hall–Kier alpha value is -3.14. The largest absolute Gasteiger partial charge is 0.354 e. The lowest BCUT2D eigenvalue weighted by atomic mass is 10.1. The van der Waals surface area contributed by atoms with Gasteiger partial charge in [0.15, 0.2) is 0 Å². The summed E-state index contributed by atoms with van der Waals surface area (Å²) in [6.07, 6.45) is 1.68. The molecule has 0 saturated heterocycles. The van der Waals surface area contributed by atoms with E-state index in [2.05, 4.69) is 47.7 Å². The number of aromatic nitrogens is 1. The van der Waals surface area contributed by atoms with Crippen molar-refractivity contribution in [2.75, 3.05) is 5.32 Å². The van der Waals surface area contributed by atoms with Crippen molar-refractivity contribution in [3.63, 3.8) is 0 Å². The molecule has 3 rings (SSSR count). The highest BCUT2D eigenvalue weighted by Gasteiger charge is 2.08. The molecule has 1 aromatic heterocycles. The molecule has 0 bridgehead atoms. The van der Waals surface area contributed by atoms with E-state index in [9.17, 15) is 4.79 Å². The molecular formula is C22H23N3O. The molecule has 2 N–H and O–H groups in total. The maximum atomic E-state index is 12.3. The molecule has 3 aromatic rings. The van der Waals surface area contributed by atoms with Gasteiger partial charge in [-0.15, -0.1) is 0 Å². The van der Waals surface area contributed by atoms with Gasteiger partial charge in [-0.05, 0) is 61.2 Å². The lowest BCUT2D eigenvalue weighted by Crippen LogP contribution is -2.24. The van der Waals surface area contributed by atoms with Crippen LogP contribution in [-0.2, 0) is 6.54 Å². The van der Waals surface area contributed by atoms with Crippen LogP contribution in [0.4, 0.5) is 11.4 Å². The highest BCUT2D eigenvalue weighted by Crippen LogP contribution is 2.21. The first-order chi connectivity index (χ1) is 12.5. The summed E-state index contributed by atoms with van der Waals surface area (Å²) in [7, 11) is 0. The number of hydrogen-bond donors (Lipinski definition) is 2. The molecule has 26 heavy (non-hydrogen) atoms. The van der Waals surface area contributed by atoms with E-state index in [1.54, 1.807) is 12.3 Å². The van der Waals surface area contributed by atoms with Gasteiger partial charge in [-0.25, -0.2) is 4.98 Å². The second-order valence-corrected chi connectivity index (χ2v) is 6.48.